The Morgan fingerprint density at radius 1 is 1.11 bits per heavy atom. The molecule has 0 saturated carbocycles. The van der Waals surface area contributed by atoms with E-state index in [-0.39, 0.29) is 0 Å². The smallest absolute Gasteiger partial charge is 0.0108 e. The minimum atomic E-state index is 0.658. The number of fused-ring (bicyclic) bond motifs is 1. The topological polar surface area (TPSA) is 15.3 Å². The molecule has 2 heteroatoms. The number of nitrogens with one attached hydrogen (secondary N) is 1. The van der Waals surface area contributed by atoms with Crippen LogP contribution in [0.3, 0.4) is 0 Å². The van der Waals surface area contributed by atoms with E-state index in [1.54, 1.807) is 16.7 Å². The first-order valence-corrected chi connectivity index (χ1v) is 7.88. The van der Waals surface area contributed by atoms with Crippen molar-refractivity contribution < 1.29 is 0 Å². The molecule has 1 aliphatic heterocycles. The third-order valence-electron chi connectivity index (χ3n) is 4.68. The van der Waals surface area contributed by atoms with Crippen LogP contribution in [0.5, 0.6) is 0 Å². The lowest BCUT2D eigenvalue weighted by molar-refractivity contribution is 0.230. The van der Waals surface area contributed by atoms with Gasteiger partial charge in [0.1, 0.15) is 0 Å². The Bertz CT molecular complexity index is 421. The maximum absolute atomic E-state index is 3.43. The summed E-state index contributed by atoms with van der Waals surface area (Å²) < 4.78 is 0. The summed E-state index contributed by atoms with van der Waals surface area (Å²) in [6.45, 7) is 8.30. The highest BCUT2D eigenvalue weighted by Gasteiger charge is 2.16. The molecule has 1 atom stereocenters. The zero-order chi connectivity index (χ0) is 13.1. The Morgan fingerprint density at radius 3 is 2.63 bits per heavy atom. The van der Waals surface area contributed by atoms with Crippen molar-refractivity contribution in [2.45, 2.75) is 38.5 Å². The number of piperazine rings is 1. The van der Waals surface area contributed by atoms with Gasteiger partial charge >= 0.3 is 0 Å². The number of aryl methyl sites for hydroxylation is 2. The average Bonchev–Trinajstić information content (AvgIpc) is 2.48. The highest BCUT2D eigenvalue weighted by atomic mass is 15.2. The molecule has 0 bridgehead atoms. The van der Waals surface area contributed by atoms with Gasteiger partial charge in [-0.2, -0.15) is 0 Å². The van der Waals surface area contributed by atoms with Crippen LogP contribution in [-0.4, -0.2) is 37.6 Å². The minimum absolute atomic E-state index is 0.658. The summed E-state index contributed by atoms with van der Waals surface area (Å²) in [6, 6.07) is 7.25. The van der Waals surface area contributed by atoms with Crippen LogP contribution in [0, 0.1) is 0 Å². The molecule has 2 nitrogen and oxygen atoms in total. The first-order chi connectivity index (χ1) is 9.33. The van der Waals surface area contributed by atoms with Crippen LogP contribution in [0.25, 0.3) is 0 Å². The van der Waals surface area contributed by atoms with Gasteiger partial charge in [-0.1, -0.05) is 25.1 Å². The molecule has 0 amide bonds. The summed E-state index contributed by atoms with van der Waals surface area (Å²) in [4.78, 5) is 2.60. The van der Waals surface area contributed by atoms with Crippen molar-refractivity contribution in [2.24, 2.45) is 0 Å². The molecule has 1 N–H and O–H groups in total. The van der Waals surface area contributed by atoms with Gasteiger partial charge in [0.15, 0.2) is 0 Å². The molecule has 0 aromatic heterocycles. The highest BCUT2D eigenvalue weighted by Crippen LogP contribution is 2.26. The second-order valence-corrected chi connectivity index (χ2v) is 6.19. The van der Waals surface area contributed by atoms with E-state index in [1.807, 2.05) is 0 Å². The van der Waals surface area contributed by atoms with Gasteiger partial charge in [-0.3, -0.25) is 0 Å². The van der Waals surface area contributed by atoms with Crippen LogP contribution >= 0.6 is 0 Å². The molecular formula is C17H26N2. The molecule has 1 saturated heterocycles. The Balaban J connectivity index is 1.67. The van der Waals surface area contributed by atoms with Gasteiger partial charge in [-0.25, -0.2) is 0 Å². The summed E-state index contributed by atoms with van der Waals surface area (Å²) in [5.41, 5.74) is 4.76. The average molecular weight is 258 g/mol. The molecular weight excluding hydrogens is 232 g/mol. The highest BCUT2D eigenvalue weighted by molar-refractivity contribution is 5.35. The summed E-state index contributed by atoms with van der Waals surface area (Å²) in [5.74, 6) is 0.658. The molecule has 1 aliphatic carbocycles. The molecule has 1 unspecified atom stereocenters. The molecule has 19 heavy (non-hydrogen) atoms. The third kappa shape index (κ3) is 3.18. The first-order valence-electron chi connectivity index (χ1n) is 7.88. The standard InChI is InChI=1S/C17H26N2/c1-14(13-19-10-8-18-9-11-19)16-7-6-15-4-2-3-5-17(15)12-16/h6-7,12,14,18H,2-5,8-11,13H2,1H3. The summed E-state index contributed by atoms with van der Waals surface area (Å²) >= 11 is 0. The Kier molecular flexibility index (Phi) is 4.19. The Labute approximate surface area is 117 Å². The molecule has 1 aromatic rings. The van der Waals surface area contributed by atoms with Crippen LogP contribution in [0.2, 0.25) is 0 Å². The van der Waals surface area contributed by atoms with Gasteiger partial charge in [0.25, 0.3) is 0 Å². The van der Waals surface area contributed by atoms with Crippen molar-refractivity contribution in [3.63, 3.8) is 0 Å². The minimum Gasteiger partial charge on any atom is -0.314 e. The van der Waals surface area contributed by atoms with Gasteiger partial charge < -0.3 is 10.2 Å². The monoisotopic (exact) mass is 258 g/mol. The molecule has 1 heterocycles. The largest absolute Gasteiger partial charge is 0.314 e. The maximum atomic E-state index is 3.43. The first kappa shape index (κ1) is 13.1. The molecule has 1 aromatic carbocycles. The van der Waals surface area contributed by atoms with Crippen LogP contribution in [0.15, 0.2) is 18.2 Å². The Hall–Kier alpha value is -0.860. The van der Waals surface area contributed by atoms with Gasteiger partial charge in [-0.05, 0) is 48.3 Å². The summed E-state index contributed by atoms with van der Waals surface area (Å²) in [5, 5.41) is 3.43. The number of hydrogen-bond acceptors (Lipinski definition) is 2. The van der Waals surface area contributed by atoms with Crippen molar-refractivity contribution in [3.05, 3.63) is 34.9 Å². The van der Waals surface area contributed by atoms with E-state index < -0.39 is 0 Å². The van der Waals surface area contributed by atoms with Crippen molar-refractivity contribution in [3.8, 4) is 0 Å². The van der Waals surface area contributed by atoms with E-state index in [1.165, 1.54) is 45.3 Å². The zero-order valence-corrected chi connectivity index (χ0v) is 12.1. The summed E-state index contributed by atoms with van der Waals surface area (Å²) in [7, 11) is 0. The van der Waals surface area contributed by atoms with Gasteiger partial charge in [0, 0.05) is 32.7 Å². The number of nitrogens with zero attached hydrogens (tertiary/aromatic N) is 1. The van der Waals surface area contributed by atoms with Crippen LogP contribution in [0.4, 0.5) is 0 Å². The van der Waals surface area contributed by atoms with Crippen molar-refractivity contribution in [1.29, 1.82) is 0 Å². The van der Waals surface area contributed by atoms with E-state index in [2.05, 4.69) is 35.3 Å². The van der Waals surface area contributed by atoms with E-state index in [0.717, 1.165) is 13.1 Å². The second kappa shape index (κ2) is 6.06. The summed E-state index contributed by atoms with van der Waals surface area (Å²) in [6.07, 6.45) is 5.34. The third-order valence-corrected chi connectivity index (χ3v) is 4.68. The van der Waals surface area contributed by atoms with Gasteiger partial charge in [0.2, 0.25) is 0 Å². The van der Waals surface area contributed by atoms with Crippen LogP contribution in [0.1, 0.15) is 42.4 Å². The predicted molar refractivity (Wildman–Crippen MR) is 80.8 cm³/mol. The van der Waals surface area contributed by atoms with Crippen molar-refractivity contribution >= 4 is 0 Å². The number of hydrogen-bond donors (Lipinski definition) is 1. The van der Waals surface area contributed by atoms with Gasteiger partial charge in [-0.15, -0.1) is 0 Å². The van der Waals surface area contributed by atoms with E-state index >= 15 is 0 Å². The normalized spacial score (nSPS) is 21.9. The molecule has 2 aliphatic rings. The molecule has 1 fully saturated rings. The van der Waals surface area contributed by atoms with Crippen LogP contribution in [-0.2, 0) is 12.8 Å². The zero-order valence-electron chi connectivity index (χ0n) is 12.1. The Morgan fingerprint density at radius 2 is 1.84 bits per heavy atom. The lowest BCUT2D eigenvalue weighted by Crippen LogP contribution is -2.44. The maximum Gasteiger partial charge on any atom is 0.0108 e. The fourth-order valence-corrected chi connectivity index (χ4v) is 3.45. The molecule has 0 radical (unpaired) electrons. The van der Waals surface area contributed by atoms with Crippen LogP contribution < -0.4 is 5.32 Å². The number of benzene rings is 1. The fraction of sp³-hybridized carbons (Fsp3) is 0.647. The van der Waals surface area contributed by atoms with Gasteiger partial charge in [0.05, 0.1) is 0 Å². The van der Waals surface area contributed by atoms with E-state index in [0.29, 0.717) is 5.92 Å². The molecule has 104 valence electrons. The van der Waals surface area contributed by atoms with Crippen molar-refractivity contribution in [1.82, 2.24) is 10.2 Å². The molecule has 0 spiro atoms. The lowest BCUT2D eigenvalue weighted by Gasteiger charge is -2.30. The van der Waals surface area contributed by atoms with E-state index in [9.17, 15) is 0 Å². The lowest BCUT2D eigenvalue weighted by atomic mass is 9.88. The quantitative estimate of drug-likeness (QED) is 0.896. The fourth-order valence-electron chi connectivity index (χ4n) is 3.45. The SMILES string of the molecule is CC(CN1CCNCC1)c1ccc2c(c1)CCCC2. The van der Waals surface area contributed by atoms with Crippen molar-refractivity contribution in [2.75, 3.05) is 32.7 Å². The molecule has 3 rings (SSSR count). The predicted octanol–water partition coefficient (Wildman–Crippen LogP) is 2.57. The van der Waals surface area contributed by atoms with E-state index in [4.69, 9.17) is 0 Å². The second-order valence-electron chi connectivity index (χ2n) is 6.19. The number of rotatable bonds is 3.